The molecule has 2 nitrogen and oxygen atoms in total. The van der Waals surface area contributed by atoms with E-state index in [2.05, 4.69) is 17.1 Å². The highest BCUT2D eigenvalue weighted by Crippen LogP contribution is 2.15. The molecule has 1 unspecified atom stereocenters. The van der Waals surface area contributed by atoms with Crippen LogP contribution >= 0.6 is 0 Å². The van der Waals surface area contributed by atoms with Crippen LogP contribution in [0.1, 0.15) is 19.3 Å². The molecule has 0 bridgehead atoms. The summed E-state index contributed by atoms with van der Waals surface area (Å²) in [5, 5.41) is 7.80. The summed E-state index contributed by atoms with van der Waals surface area (Å²) in [6.45, 7) is 2.32. The van der Waals surface area contributed by atoms with Crippen LogP contribution in [0.4, 0.5) is 0 Å². The van der Waals surface area contributed by atoms with E-state index in [9.17, 15) is 0 Å². The van der Waals surface area contributed by atoms with Gasteiger partial charge in [-0.3, -0.25) is 4.90 Å². The predicted octanol–water partition coefficient (Wildman–Crippen LogP) is 1.99. The largest absolute Gasteiger partial charge is 0.303 e. The van der Waals surface area contributed by atoms with E-state index >= 15 is 0 Å². The fraction of sp³-hybridized carbons (Fsp3) is 0.545. The maximum atomic E-state index is 7.80. The zero-order chi connectivity index (χ0) is 9.10. The number of rotatable bonds is 1. The smallest absolute Gasteiger partial charge is 0.0702 e. The number of likely N-dealkylation sites (tertiary alicyclic amines) is 1. The second kappa shape index (κ2) is 3.88. The molecule has 0 amide bonds. The van der Waals surface area contributed by atoms with E-state index in [1.165, 1.54) is 19.3 Å². The summed E-state index contributed by atoms with van der Waals surface area (Å²) in [4.78, 5) is 2.41. The van der Waals surface area contributed by atoms with E-state index in [-0.39, 0.29) is 6.04 Å². The van der Waals surface area contributed by atoms with Gasteiger partial charge in [-0.1, -0.05) is 24.6 Å². The Kier molecular flexibility index (Phi) is 2.60. The van der Waals surface area contributed by atoms with E-state index in [0.29, 0.717) is 0 Å². The van der Waals surface area contributed by atoms with Crippen molar-refractivity contribution in [1.29, 1.82) is 5.41 Å². The van der Waals surface area contributed by atoms with Gasteiger partial charge < -0.3 is 5.41 Å². The molecule has 1 saturated heterocycles. The van der Waals surface area contributed by atoms with Crippen LogP contribution in [0, 0.1) is 5.41 Å². The summed E-state index contributed by atoms with van der Waals surface area (Å²) < 4.78 is 0. The number of allylic oxidation sites excluding steroid dienone is 2. The fourth-order valence-corrected chi connectivity index (χ4v) is 2.05. The van der Waals surface area contributed by atoms with Crippen molar-refractivity contribution in [1.82, 2.24) is 4.90 Å². The zero-order valence-corrected chi connectivity index (χ0v) is 7.87. The van der Waals surface area contributed by atoms with Crippen LogP contribution in [0.2, 0.25) is 0 Å². The van der Waals surface area contributed by atoms with Crippen LogP contribution in [0.5, 0.6) is 0 Å². The lowest BCUT2D eigenvalue weighted by atomic mass is 10.0. The first-order chi connectivity index (χ1) is 6.38. The van der Waals surface area contributed by atoms with Crippen LogP contribution < -0.4 is 0 Å². The Balaban J connectivity index is 2.02. The molecule has 1 aliphatic carbocycles. The molecule has 0 aromatic rings. The predicted molar refractivity (Wildman–Crippen MR) is 55.2 cm³/mol. The van der Waals surface area contributed by atoms with Crippen molar-refractivity contribution in [3.05, 3.63) is 24.3 Å². The maximum Gasteiger partial charge on any atom is 0.0702 e. The summed E-state index contributed by atoms with van der Waals surface area (Å²) in [6.07, 6.45) is 12.0. The molecule has 1 aliphatic heterocycles. The molecule has 70 valence electrons. The molecule has 2 aliphatic rings. The number of piperidine rings is 1. The number of hydrogen-bond acceptors (Lipinski definition) is 2. The Morgan fingerprint density at radius 3 is 2.62 bits per heavy atom. The first-order valence-electron chi connectivity index (χ1n) is 5.05. The van der Waals surface area contributed by atoms with Gasteiger partial charge in [0.25, 0.3) is 0 Å². The number of nitrogens with zero attached hydrogens (tertiary/aromatic N) is 1. The molecule has 1 fully saturated rings. The molecule has 1 heterocycles. The lowest BCUT2D eigenvalue weighted by Crippen LogP contribution is -2.42. The lowest BCUT2D eigenvalue weighted by molar-refractivity contribution is 0.224. The van der Waals surface area contributed by atoms with Crippen molar-refractivity contribution in [3.63, 3.8) is 0 Å². The highest BCUT2D eigenvalue weighted by Gasteiger charge is 2.21. The minimum absolute atomic E-state index is 0.255. The normalized spacial score (nSPS) is 29.5. The molecule has 0 saturated carbocycles. The molecule has 13 heavy (non-hydrogen) atoms. The summed E-state index contributed by atoms with van der Waals surface area (Å²) >= 11 is 0. The van der Waals surface area contributed by atoms with Crippen LogP contribution in [-0.2, 0) is 0 Å². The van der Waals surface area contributed by atoms with Crippen molar-refractivity contribution < 1.29 is 0 Å². The Bertz CT molecular complexity index is 247. The van der Waals surface area contributed by atoms with Crippen molar-refractivity contribution >= 4 is 5.71 Å². The molecule has 0 spiro atoms. The van der Waals surface area contributed by atoms with Gasteiger partial charge in [-0.2, -0.15) is 0 Å². The monoisotopic (exact) mass is 176 g/mol. The zero-order valence-electron chi connectivity index (χ0n) is 7.87. The van der Waals surface area contributed by atoms with Crippen molar-refractivity contribution in [3.8, 4) is 0 Å². The highest BCUT2D eigenvalue weighted by molar-refractivity contribution is 5.99. The van der Waals surface area contributed by atoms with Gasteiger partial charge in [0, 0.05) is 0 Å². The SMILES string of the molecule is N=C1C=CC=CC1N1CCCCC1. The van der Waals surface area contributed by atoms with E-state index in [1.807, 2.05) is 12.2 Å². The summed E-state index contributed by atoms with van der Waals surface area (Å²) in [6, 6.07) is 0.255. The third-order valence-corrected chi connectivity index (χ3v) is 2.78. The molecule has 0 aromatic carbocycles. The van der Waals surface area contributed by atoms with E-state index in [0.717, 1.165) is 18.8 Å². The van der Waals surface area contributed by atoms with Crippen molar-refractivity contribution in [2.75, 3.05) is 13.1 Å². The third kappa shape index (κ3) is 1.89. The fourth-order valence-electron chi connectivity index (χ4n) is 2.05. The Morgan fingerprint density at radius 2 is 1.92 bits per heavy atom. The van der Waals surface area contributed by atoms with Crippen LogP contribution in [0.3, 0.4) is 0 Å². The molecular weight excluding hydrogens is 160 g/mol. The van der Waals surface area contributed by atoms with Crippen LogP contribution in [0.25, 0.3) is 0 Å². The number of hydrogen-bond donors (Lipinski definition) is 1. The Labute approximate surface area is 79.4 Å². The number of nitrogens with one attached hydrogen (secondary N) is 1. The summed E-state index contributed by atoms with van der Waals surface area (Å²) in [5.41, 5.74) is 0.740. The molecule has 2 heteroatoms. The first-order valence-corrected chi connectivity index (χ1v) is 5.05. The van der Waals surface area contributed by atoms with Gasteiger partial charge in [0.15, 0.2) is 0 Å². The molecule has 0 aromatic heterocycles. The lowest BCUT2D eigenvalue weighted by Gasteiger charge is -2.33. The van der Waals surface area contributed by atoms with Crippen molar-refractivity contribution in [2.45, 2.75) is 25.3 Å². The topological polar surface area (TPSA) is 27.1 Å². The van der Waals surface area contributed by atoms with Crippen molar-refractivity contribution in [2.24, 2.45) is 0 Å². The molecular formula is C11H16N2. The second-order valence-electron chi connectivity index (χ2n) is 3.74. The Morgan fingerprint density at radius 1 is 1.15 bits per heavy atom. The van der Waals surface area contributed by atoms with E-state index in [4.69, 9.17) is 5.41 Å². The average molecular weight is 176 g/mol. The van der Waals surface area contributed by atoms with Gasteiger partial charge in [0.05, 0.1) is 11.8 Å². The van der Waals surface area contributed by atoms with E-state index in [1.54, 1.807) is 0 Å². The van der Waals surface area contributed by atoms with Crippen LogP contribution in [-0.4, -0.2) is 29.7 Å². The summed E-state index contributed by atoms with van der Waals surface area (Å²) in [5.74, 6) is 0. The first kappa shape index (κ1) is 8.70. The second-order valence-corrected chi connectivity index (χ2v) is 3.74. The summed E-state index contributed by atoms with van der Waals surface area (Å²) in [7, 11) is 0. The van der Waals surface area contributed by atoms with Gasteiger partial charge in [-0.25, -0.2) is 0 Å². The van der Waals surface area contributed by atoms with Gasteiger partial charge >= 0.3 is 0 Å². The molecule has 2 rings (SSSR count). The molecule has 1 atom stereocenters. The van der Waals surface area contributed by atoms with Crippen LogP contribution in [0.15, 0.2) is 24.3 Å². The highest BCUT2D eigenvalue weighted by atomic mass is 15.2. The third-order valence-electron chi connectivity index (χ3n) is 2.78. The van der Waals surface area contributed by atoms with Gasteiger partial charge in [0.1, 0.15) is 0 Å². The van der Waals surface area contributed by atoms with Gasteiger partial charge in [-0.15, -0.1) is 0 Å². The standard InChI is InChI=1S/C11H16N2/c12-10-6-2-3-7-11(10)13-8-4-1-5-9-13/h2-3,6-7,11-12H,1,4-5,8-9H2. The van der Waals surface area contributed by atoms with E-state index < -0.39 is 0 Å². The maximum absolute atomic E-state index is 7.80. The molecule has 1 N–H and O–H groups in total. The minimum atomic E-state index is 0.255. The van der Waals surface area contributed by atoms with Gasteiger partial charge in [0.2, 0.25) is 0 Å². The van der Waals surface area contributed by atoms with Gasteiger partial charge in [-0.05, 0) is 32.0 Å². The Hall–Kier alpha value is -0.890. The quantitative estimate of drug-likeness (QED) is 0.650. The molecule has 0 radical (unpaired) electrons. The average Bonchev–Trinajstić information content (AvgIpc) is 2.20. The minimum Gasteiger partial charge on any atom is -0.303 e.